The quantitative estimate of drug-likeness (QED) is 0.600. The highest BCUT2D eigenvalue weighted by Crippen LogP contribution is 2.48. The van der Waals surface area contributed by atoms with E-state index in [2.05, 4.69) is 50.4 Å². The predicted octanol–water partition coefficient (Wildman–Crippen LogP) is 2.99. The van der Waals surface area contributed by atoms with Gasteiger partial charge in [-0.1, -0.05) is 53.1 Å². The average Bonchev–Trinajstić information content (AvgIpc) is 2.68. The van der Waals surface area contributed by atoms with E-state index in [9.17, 15) is 14.4 Å². The number of carboxylic acids is 1. The molecule has 1 aromatic heterocycles. The monoisotopic (exact) mass is 440 g/mol. The average molecular weight is 441 g/mol. The Kier molecular flexibility index (Phi) is 7.55. The summed E-state index contributed by atoms with van der Waals surface area (Å²) in [5, 5.41) is 18.8. The van der Waals surface area contributed by atoms with Gasteiger partial charge in [0.2, 0.25) is 5.91 Å². The lowest BCUT2D eigenvalue weighted by Crippen LogP contribution is -2.48. The van der Waals surface area contributed by atoms with Gasteiger partial charge in [-0.15, -0.1) is 0 Å². The zero-order valence-corrected chi connectivity index (χ0v) is 19.3. The molecule has 9 heteroatoms. The Morgan fingerprint density at radius 2 is 2.00 bits per heavy atom. The van der Waals surface area contributed by atoms with Crippen LogP contribution in [0.4, 0.5) is 5.69 Å². The van der Waals surface area contributed by atoms with Crippen LogP contribution < -0.4 is 16.2 Å². The second-order valence-corrected chi connectivity index (χ2v) is 9.44. The maximum absolute atomic E-state index is 12.6. The summed E-state index contributed by atoms with van der Waals surface area (Å²) in [5.41, 5.74) is 0.0826. The molecule has 1 aliphatic carbocycles. The highest BCUT2D eigenvalue weighted by Gasteiger charge is 2.43. The molecule has 0 bridgehead atoms. The van der Waals surface area contributed by atoms with E-state index < -0.39 is 30.0 Å². The number of hydrogen-bond donors (Lipinski definition) is 3. The number of carboxylic acid groups (broad SMARTS) is 1. The van der Waals surface area contributed by atoms with Gasteiger partial charge in [-0.25, -0.2) is 9.48 Å². The molecule has 3 N–H and O–H groups in total. The van der Waals surface area contributed by atoms with Gasteiger partial charge < -0.3 is 15.7 Å². The molecule has 8 nitrogen and oxygen atoms in total. The highest BCUT2D eigenvalue weighted by atomic mass is 35.5. The van der Waals surface area contributed by atoms with E-state index in [4.69, 9.17) is 16.7 Å². The zero-order chi connectivity index (χ0) is 22.8. The molecular weight excluding hydrogens is 408 g/mol. The van der Waals surface area contributed by atoms with Gasteiger partial charge in [-0.2, -0.15) is 5.10 Å². The largest absolute Gasteiger partial charge is 0.480 e. The molecule has 1 fully saturated rings. The van der Waals surface area contributed by atoms with Gasteiger partial charge >= 0.3 is 5.97 Å². The number of anilines is 1. The van der Waals surface area contributed by atoms with Crippen LogP contribution in [0, 0.1) is 23.2 Å². The third-order valence-corrected chi connectivity index (χ3v) is 7.50. The summed E-state index contributed by atoms with van der Waals surface area (Å²) in [6, 6.07) is -0.854. The number of rotatable bonds is 7. The Labute approximate surface area is 182 Å². The topological polar surface area (TPSA) is 113 Å². The minimum absolute atomic E-state index is 0.0274. The summed E-state index contributed by atoms with van der Waals surface area (Å²) in [7, 11) is 0. The minimum Gasteiger partial charge on any atom is -0.480 e. The van der Waals surface area contributed by atoms with Crippen molar-refractivity contribution in [3.05, 3.63) is 21.6 Å². The number of hydrogen-bond acceptors (Lipinski definition) is 5. The summed E-state index contributed by atoms with van der Waals surface area (Å²) in [5.74, 6) is -0.381. The first-order valence-electron chi connectivity index (χ1n) is 10.4. The van der Waals surface area contributed by atoms with Crippen molar-refractivity contribution in [1.29, 1.82) is 0 Å². The molecule has 5 atom stereocenters. The van der Waals surface area contributed by atoms with Crippen molar-refractivity contribution in [2.45, 2.75) is 73.0 Å². The smallest absolute Gasteiger partial charge is 0.326 e. The number of halogens is 1. The van der Waals surface area contributed by atoms with Gasteiger partial charge in [0.05, 0.1) is 11.9 Å². The molecule has 1 unspecified atom stereocenters. The van der Waals surface area contributed by atoms with Gasteiger partial charge in [0.1, 0.15) is 17.6 Å². The van der Waals surface area contributed by atoms with Crippen LogP contribution in [-0.2, 0) is 16.1 Å². The fourth-order valence-electron chi connectivity index (χ4n) is 4.16. The summed E-state index contributed by atoms with van der Waals surface area (Å²) < 4.78 is 0.941. The Balaban J connectivity index is 2.14. The van der Waals surface area contributed by atoms with E-state index in [0.29, 0.717) is 23.4 Å². The maximum Gasteiger partial charge on any atom is 0.326 e. The third-order valence-electron chi connectivity index (χ3n) is 7.14. The number of carbonyl (C=O) groups excluding carboxylic acids is 1. The molecule has 1 amide bonds. The lowest BCUT2D eigenvalue weighted by atomic mass is 9.58. The number of aliphatic carboxylic acids is 1. The van der Waals surface area contributed by atoms with Crippen LogP contribution in [0.25, 0.3) is 0 Å². The van der Waals surface area contributed by atoms with Crippen molar-refractivity contribution >= 4 is 29.2 Å². The van der Waals surface area contributed by atoms with Crippen LogP contribution in [0.3, 0.4) is 0 Å². The van der Waals surface area contributed by atoms with E-state index in [1.165, 1.54) is 6.20 Å². The minimum atomic E-state index is -1.13. The van der Waals surface area contributed by atoms with Crippen molar-refractivity contribution < 1.29 is 14.7 Å². The standard InChI is InChI=1S/C21H33ClN4O4/c1-7-14(20(29)30)25-17(27)10-26-19(28)18(22)16(9-23-26)24-15-8-11(2)21(5,6)13(4)12(15)3/h9,11-15,24H,7-8,10H2,1-6H3,(H,25,27)(H,29,30)/t11-,12+,13+,14?,15+/m0/s1. The Morgan fingerprint density at radius 1 is 1.37 bits per heavy atom. The fraction of sp³-hybridized carbons (Fsp3) is 0.714. The molecule has 0 aromatic carbocycles. The van der Waals surface area contributed by atoms with Crippen LogP contribution in [0.2, 0.25) is 5.02 Å². The zero-order valence-electron chi connectivity index (χ0n) is 18.5. The van der Waals surface area contributed by atoms with E-state index in [-0.39, 0.29) is 22.9 Å². The number of carbonyl (C=O) groups is 2. The molecule has 0 aliphatic heterocycles. The number of amides is 1. The summed E-state index contributed by atoms with van der Waals surface area (Å²) >= 11 is 6.30. The number of nitrogens with zero attached hydrogens (tertiary/aromatic N) is 2. The molecular formula is C21H33ClN4O4. The van der Waals surface area contributed by atoms with Crippen molar-refractivity contribution in [2.24, 2.45) is 23.2 Å². The maximum atomic E-state index is 12.6. The Morgan fingerprint density at radius 3 is 2.57 bits per heavy atom. The van der Waals surface area contributed by atoms with Crippen LogP contribution in [0.5, 0.6) is 0 Å². The summed E-state index contributed by atoms with van der Waals surface area (Å²) in [6.45, 7) is 12.5. The second kappa shape index (κ2) is 9.37. The van der Waals surface area contributed by atoms with Crippen LogP contribution in [-0.4, -0.2) is 38.8 Å². The van der Waals surface area contributed by atoms with Gasteiger partial charge in [0, 0.05) is 6.04 Å². The fourth-order valence-corrected chi connectivity index (χ4v) is 4.36. The second-order valence-electron chi connectivity index (χ2n) is 9.06. The van der Waals surface area contributed by atoms with Crippen molar-refractivity contribution in [3.8, 4) is 0 Å². The van der Waals surface area contributed by atoms with Crippen molar-refractivity contribution in [1.82, 2.24) is 15.1 Å². The van der Waals surface area contributed by atoms with Gasteiger partial charge in [-0.05, 0) is 36.0 Å². The molecule has 1 aromatic rings. The van der Waals surface area contributed by atoms with E-state index >= 15 is 0 Å². The van der Waals surface area contributed by atoms with E-state index in [1.54, 1.807) is 6.92 Å². The van der Waals surface area contributed by atoms with E-state index in [1.807, 2.05) is 0 Å². The normalized spacial score (nSPS) is 26.6. The highest BCUT2D eigenvalue weighted by molar-refractivity contribution is 6.32. The van der Waals surface area contributed by atoms with Crippen LogP contribution >= 0.6 is 11.6 Å². The number of aromatic nitrogens is 2. The van der Waals surface area contributed by atoms with Gasteiger partial charge in [0.25, 0.3) is 5.56 Å². The molecule has 0 spiro atoms. The third kappa shape index (κ3) is 4.96. The summed E-state index contributed by atoms with van der Waals surface area (Å²) in [6.07, 6.45) is 2.64. The molecule has 2 rings (SSSR count). The first-order valence-corrected chi connectivity index (χ1v) is 10.8. The van der Waals surface area contributed by atoms with Crippen molar-refractivity contribution in [3.63, 3.8) is 0 Å². The predicted molar refractivity (Wildman–Crippen MR) is 117 cm³/mol. The first kappa shape index (κ1) is 24.2. The van der Waals surface area contributed by atoms with Crippen molar-refractivity contribution in [2.75, 3.05) is 5.32 Å². The molecule has 1 aliphatic rings. The molecule has 0 saturated heterocycles. The Bertz CT molecular complexity index is 854. The molecule has 1 saturated carbocycles. The number of nitrogens with one attached hydrogen (secondary N) is 2. The molecule has 168 valence electrons. The van der Waals surface area contributed by atoms with Crippen LogP contribution in [0.15, 0.2) is 11.0 Å². The Hall–Kier alpha value is -2.09. The molecule has 30 heavy (non-hydrogen) atoms. The summed E-state index contributed by atoms with van der Waals surface area (Å²) in [4.78, 5) is 35.8. The first-order chi connectivity index (χ1) is 13.9. The van der Waals surface area contributed by atoms with E-state index in [0.717, 1.165) is 11.1 Å². The molecule has 1 heterocycles. The SMILES string of the molecule is CCC(NC(=O)Cn1ncc(N[C@@H]2C[C@H](C)C(C)(C)[C@H](C)[C@H]2C)c(Cl)c1=O)C(=O)O. The van der Waals surface area contributed by atoms with Crippen LogP contribution in [0.1, 0.15) is 54.4 Å². The van der Waals surface area contributed by atoms with Gasteiger partial charge in [0.15, 0.2) is 0 Å². The molecule has 0 radical (unpaired) electrons. The van der Waals surface area contributed by atoms with Gasteiger partial charge in [-0.3, -0.25) is 9.59 Å². The lowest BCUT2D eigenvalue weighted by Gasteiger charge is -2.50. The lowest BCUT2D eigenvalue weighted by molar-refractivity contribution is -0.142.